The van der Waals surface area contributed by atoms with Crippen molar-refractivity contribution in [3.8, 4) is 22.6 Å². The first-order valence-electron chi connectivity index (χ1n) is 31.9. The summed E-state index contributed by atoms with van der Waals surface area (Å²) in [5.74, 6) is -10.8. The normalized spacial score (nSPS) is 10.3. The molecule has 0 radical (unpaired) electrons. The Bertz CT molecular complexity index is 4330. The fourth-order valence-electron chi connectivity index (χ4n) is 8.47. The molecule has 0 saturated heterocycles. The molecule has 0 fully saturated rings. The number of carbonyl (C=O) groups excluding carboxylic acids is 10. The van der Waals surface area contributed by atoms with E-state index in [-0.39, 0.29) is 153 Å². The van der Waals surface area contributed by atoms with Gasteiger partial charge in [0.25, 0.3) is 17.8 Å². The van der Waals surface area contributed by atoms with Crippen LogP contribution in [0.25, 0.3) is 22.6 Å². The van der Waals surface area contributed by atoms with Crippen LogP contribution in [-0.2, 0) is 54.1 Å². The van der Waals surface area contributed by atoms with Crippen LogP contribution in [0, 0.1) is 71.1 Å². The molecule has 0 aliphatic heterocycles. The molecule has 0 aliphatic rings. The molecular formula is C76H82F6KN5O19-2. The minimum atomic E-state index is -1.23. The van der Waals surface area contributed by atoms with Crippen molar-refractivity contribution in [1.82, 2.24) is 20.5 Å². The van der Waals surface area contributed by atoms with Crippen LogP contribution in [0.2, 0.25) is 0 Å². The number of amides is 2. The van der Waals surface area contributed by atoms with Crippen LogP contribution in [-0.4, -0.2) is 145 Å². The number of benzene rings is 6. The van der Waals surface area contributed by atoms with E-state index in [0.29, 0.717) is 6.61 Å². The number of aryl methyl sites for hydroxylation is 5. The molecule has 6 aromatic carbocycles. The van der Waals surface area contributed by atoms with Crippen LogP contribution >= 0.6 is 0 Å². The van der Waals surface area contributed by atoms with Crippen molar-refractivity contribution in [3.05, 3.63) is 243 Å². The Kier molecular flexibility index (Phi) is 46.5. The molecule has 570 valence electrons. The summed E-state index contributed by atoms with van der Waals surface area (Å²) in [6, 6.07) is 28.9. The molecule has 0 aliphatic carbocycles. The fourth-order valence-corrected chi connectivity index (χ4v) is 8.47. The minimum Gasteiger partial charge on any atom is -0.870 e. The minimum absolute atomic E-state index is 0. The number of carboxylic acid groups (broad SMARTS) is 1. The number of hydrogen-bond donors (Lipinski definition) is 3. The number of carbonyl (C=O) groups is 10. The molecule has 1 unspecified atom stereocenters. The monoisotopic (exact) mass is 1520 g/mol. The Labute approximate surface area is 658 Å². The van der Waals surface area contributed by atoms with Gasteiger partial charge in [0.15, 0.2) is 17.3 Å². The summed E-state index contributed by atoms with van der Waals surface area (Å²) in [6.07, 6.45) is 4.50. The molecule has 31 heteroatoms. The predicted molar refractivity (Wildman–Crippen MR) is 376 cm³/mol. The smallest absolute Gasteiger partial charge is 0.870 e. The van der Waals surface area contributed by atoms with Gasteiger partial charge in [-0.2, -0.15) is 0 Å². The Hall–Kier alpha value is -10.6. The zero-order valence-electron chi connectivity index (χ0n) is 62.0. The summed E-state index contributed by atoms with van der Waals surface area (Å²) >= 11 is 0. The maximum atomic E-state index is 14.2. The number of ketones is 3. The maximum absolute atomic E-state index is 14.2. The van der Waals surface area contributed by atoms with Gasteiger partial charge in [-0.05, 0) is 129 Å². The predicted octanol–water partition coefficient (Wildman–Crippen LogP) is 9.49. The van der Waals surface area contributed by atoms with E-state index in [1.54, 1.807) is 130 Å². The standard InChI is InChI=1S/C21H18FN3O4.C15H18FNO3.C13H12FNO3.C12H13FO3.C8H7FO2.C5H7O3.CH3F.CH3.K.H2O/c1-12-7-8-16(22)14(9-12)19-15(11-24-29-19)21(28)25-17(18(26)20(23)27)10-13-5-3-2-4-6-13;1-5-20-15(19)12(9-17(3)4)14(18)11-8-10(2)6-7-13(11)16;1-3-17-13(16)10-7-15-18-12(10)9-6-8(2)4-5-11(9)14;1-3-16-12(15)7-11(14)9-6-8(2)4-5-10(9)13;1-5-2-3-7(9)6(4-5)8(10)11;1-2-8-5(7)3-4-6;1-2;;;/h2-9,11,17H,10H2,1H3,(H2,23,27)(H,25,28);6-9H,5H2,1-4H3;4-7H,3H2,1-2H3;4-6H,3,7H2,1-2H3;2-4H,1H3,(H,10,11);2-3H2,1H3;1H3;1H3;;1H2/q;;;;;-1;;-1;+1;/p-1/i;;;;;;1D;;;. The first kappa shape index (κ1) is 96.4. The van der Waals surface area contributed by atoms with Crippen LogP contribution < -0.4 is 62.4 Å². The van der Waals surface area contributed by atoms with E-state index in [1.807, 2.05) is 6.92 Å². The number of alkyl halides is 1. The van der Waals surface area contributed by atoms with Crippen molar-refractivity contribution < 1.29 is 170 Å². The van der Waals surface area contributed by atoms with Gasteiger partial charge in [-0.1, -0.05) is 105 Å². The van der Waals surface area contributed by atoms with E-state index >= 15 is 0 Å². The number of hydrogen-bond acceptors (Lipinski definition) is 21. The van der Waals surface area contributed by atoms with Gasteiger partial charge in [-0.3, -0.25) is 44.2 Å². The summed E-state index contributed by atoms with van der Waals surface area (Å²) in [5.41, 5.74) is 9.38. The number of nitrogens with one attached hydrogen (secondary N) is 1. The van der Waals surface area contributed by atoms with Gasteiger partial charge in [-0.15, -0.1) is 0 Å². The summed E-state index contributed by atoms with van der Waals surface area (Å²) in [6.45, 7) is 16.4. The molecular weight excluding hydrogens is 1440 g/mol. The van der Waals surface area contributed by atoms with Crippen LogP contribution in [0.5, 0.6) is 0 Å². The first-order valence-corrected chi connectivity index (χ1v) is 31.2. The zero-order chi connectivity index (χ0) is 79.0. The van der Waals surface area contributed by atoms with Gasteiger partial charge in [-0.25, -0.2) is 36.3 Å². The molecule has 0 spiro atoms. The number of carboxylic acids is 1. The maximum Gasteiger partial charge on any atom is 1.00 e. The quantitative estimate of drug-likeness (QED) is 0.00512. The Morgan fingerprint density at radius 1 is 0.598 bits per heavy atom. The van der Waals surface area contributed by atoms with E-state index in [2.05, 4.69) is 25.1 Å². The number of primary amides is 1. The first-order chi connectivity index (χ1) is 49.7. The van der Waals surface area contributed by atoms with Crippen LogP contribution in [0.1, 0.15) is 127 Å². The van der Waals surface area contributed by atoms with Crippen LogP contribution in [0.15, 0.2) is 155 Å². The number of aromatic carboxylic acids is 1. The molecule has 24 nitrogen and oxygen atoms in total. The molecule has 0 bridgehead atoms. The van der Waals surface area contributed by atoms with Gasteiger partial charge in [0.1, 0.15) is 58.2 Å². The van der Waals surface area contributed by atoms with Gasteiger partial charge >= 0.3 is 75.3 Å². The van der Waals surface area contributed by atoms with E-state index in [9.17, 15) is 79.1 Å². The second kappa shape index (κ2) is 51.6. The summed E-state index contributed by atoms with van der Waals surface area (Å²) < 4.78 is 112. The van der Waals surface area contributed by atoms with Gasteiger partial charge in [0, 0.05) is 26.7 Å². The van der Waals surface area contributed by atoms with Crippen LogP contribution in [0.3, 0.4) is 0 Å². The molecule has 107 heavy (non-hydrogen) atoms. The van der Waals surface area contributed by atoms with Gasteiger partial charge in [0.2, 0.25) is 11.6 Å². The number of ether oxygens (including phenoxy) is 4. The SMILES string of the molecule is CCOC(=O)C(=CN(C)C)C(=O)c1cc(C)ccc1F.CCOC(=O)CC(=O)c1cc(C)ccc1F.CCOC(=O)C[C-]=O.CCOC(=O)c1cnoc1-c1cc(C)ccc1F.Cc1ccc(F)c(-c2oncc2C(=O)NC(Cc2ccccc2)C(=O)C(N)=O)c1.Cc1ccc(F)c(C(=O)O)c1.[2H]CF.[CH3-].[K+].[OH-]. The topological polar surface area (TPSA) is 368 Å². The molecule has 2 amide bonds. The number of aromatic nitrogens is 2. The Balaban J connectivity index is 0. The number of nitrogens with two attached hydrogens (primary N) is 1. The van der Waals surface area contributed by atoms with Crippen molar-refractivity contribution in [2.75, 3.05) is 47.7 Å². The Morgan fingerprint density at radius 2 is 1.01 bits per heavy atom. The largest absolute Gasteiger partial charge is 1.00 e. The average Bonchev–Trinajstić information content (AvgIpc) is 1.63. The van der Waals surface area contributed by atoms with Crippen molar-refractivity contribution >= 4 is 65.3 Å². The number of rotatable bonds is 23. The number of nitrogens with zero attached hydrogens (tertiary/aromatic N) is 3. The van der Waals surface area contributed by atoms with Crippen molar-refractivity contribution in [1.29, 1.82) is 0 Å². The molecule has 8 rings (SSSR count). The third kappa shape index (κ3) is 33.6. The second-order valence-corrected chi connectivity index (χ2v) is 21.6. The number of halogens is 6. The van der Waals surface area contributed by atoms with E-state index in [0.717, 1.165) is 45.6 Å². The molecule has 1 atom stereocenters. The second-order valence-electron chi connectivity index (χ2n) is 21.6. The van der Waals surface area contributed by atoms with E-state index < -0.39 is 108 Å². The average molecular weight is 1520 g/mol. The summed E-state index contributed by atoms with van der Waals surface area (Å²) in [7, 11) is 2.33. The van der Waals surface area contributed by atoms with E-state index in [1.165, 1.54) is 78.2 Å². The van der Waals surface area contributed by atoms with Gasteiger partial charge in [0.05, 0.1) is 75.2 Å². The van der Waals surface area contributed by atoms with Crippen molar-refractivity contribution in [2.24, 2.45) is 5.73 Å². The third-order valence-corrected chi connectivity index (χ3v) is 13.2. The molecule has 2 aromatic heterocycles. The fraction of sp³-hybridized carbons (Fsp3) is 0.263. The molecule has 5 N–H and O–H groups in total. The summed E-state index contributed by atoms with van der Waals surface area (Å²) in [4.78, 5) is 126. The van der Waals surface area contributed by atoms with Gasteiger partial charge < -0.3 is 66.7 Å². The van der Waals surface area contributed by atoms with Crippen molar-refractivity contribution in [3.63, 3.8) is 0 Å². The number of Topliss-reactive ketones (excluding diaryl/α,β-unsaturated/α-hetero) is 3. The molecule has 8 aromatic rings. The van der Waals surface area contributed by atoms with E-state index in [4.69, 9.17) is 30.7 Å². The zero-order valence-corrected chi connectivity index (χ0v) is 64.2. The van der Waals surface area contributed by atoms with Crippen molar-refractivity contribution in [2.45, 2.75) is 87.6 Å². The molecule has 2 heterocycles. The van der Waals surface area contributed by atoms with Crippen LogP contribution in [0.4, 0.5) is 26.3 Å². The third-order valence-electron chi connectivity index (χ3n) is 13.2. The summed E-state index contributed by atoms with van der Waals surface area (Å²) in [5, 5.41) is 18.0. The Morgan fingerprint density at radius 3 is 1.45 bits per heavy atom. The molecule has 0 saturated carbocycles. The number of esters is 4.